The lowest BCUT2D eigenvalue weighted by Gasteiger charge is -2.06. The summed E-state index contributed by atoms with van der Waals surface area (Å²) in [4.78, 5) is 12.1. The number of rotatable bonds is 3. The van der Waals surface area contributed by atoms with Crippen molar-refractivity contribution in [1.82, 2.24) is 15.1 Å². The number of benzene rings is 1. The third kappa shape index (κ3) is 2.81. The fourth-order valence-corrected chi connectivity index (χ4v) is 1.98. The Morgan fingerprint density at radius 3 is 2.47 bits per heavy atom. The highest BCUT2D eigenvalue weighted by atomic mass is 19.1. The molecule has 5 heteroatoms. The van der Waals surface area contributed by atoms with Gasteiger partial charge in [-0.2, -0.15) is 5.10 Å². The molecule has 1 aromatic carbocycles. The first-order chi connectivity index (χ1) is 8.99. The van der Waals surface area contributed by atoms with E-state index in [1.54, 1.807) is 30.8 Å². The Morgan fingerprint density at radius 2 is 1.95 bits per heavy atom. The molecule has 0 fully saturated rings. The Hall–Kier alpha value is -2.17. The number of halogens is 1. The van der Waals surface area contributed by atoms with Gasteiger partial charge >= 0.3 is 0 Å². The van der Waals surface area contributed by atoms with Crippen molar-refractivity contribution >= 4 is 5.91 Å². The fourth-order valence-electron chi connectivity index (χ4n) is 1.98. The second kappa shape index (κ2) is 5.22. The molecule has 0 saturated carbocycles. The van der Waals surface area contributed by atoms with Crippen molar-refractivity contribution < 1.29 is 9.18 Å². The molecule has 1 amide bonds. The third-order valence-electron chi connectivity index (χ3n) is 3.10. The van der Waals surface area contributed by atoms with Crippen LogP contribution in [0.1, 0.15) is 27.3 Å². The Kier molecular flexibility index (Phi) is 3.64. The van der Waals surface area contributed by atoms with Gasteiger partial charge in [-0.05, 0) is 31.5 Å². The summed E-state index contributed by atoms with van der Waals surface area (Å²) < 4.78 is 14.4. The molecule has 1 aromatic heterocycles. The normalized spacial score (nSPS) is 10.5. The van der Waals surface area contributed by atoms with E-state index in [0.717, 1.165) is 11.3 Å². The molecule has 0 unspecified atom stereocenters. The van der Waals surface area contributed by atoms with Crippen LogP contribution >= 0.6 is 0 Å². The average Bonchev–Trinajstić information content (AvgIpc) is 2.62. The van der Waals surface area contributed by atoms with Gasteiger partial charge in [-0.1, -0.05) is 12.1 Å². The van der Waals surface area contributed by atoms with Gasteiger partial charge in [0.05, 0.1) is 11.3 Å². The molecule has 0 atom stereocenters. The van der Waals surface area contributed by atoms with Crippen molar-refractivity contribution in [3.63, 3.8) is 0 Å². The minimum atomic E-state index is -0.283. The number of hydrogen-bond acceptors (Lipinski definition) is 2. The molecule has 4 nitrogen and oxygen atoms in total. The van der Waals surface area contributed by atoms with Crippen molar-refractivity contribution in [3.8, 4) is 0 Å². The van der Waals surface area contributed by atoms with Crippen LogP contribution in [0.3, 0.4) is 0 Å². The summed E-state index contributed by atoms with van der Waals surface area (Å²) in [6.45, 7) is 4.03. The number of nitrogens with zero attached hydrogens (tertiary/aromatic N) is 2. The molecule has 2 aromatic rings. The van der Waals surface area contributed by atoms with Gasteiger partial charge in [0, 0.05) is 19.3 Å². The van der Waals surface area contributed by atoms with Gasteiger partial charge in [-0.25, -0.2) is 4.39 Å². The maximum Gasteiger partial charge on any atom is 0.255 e. The zero-order valence-electron chi connectivity index (χ0n) is 11.2. The first-order valence-corrected chi connectivity index (χ1v) is 6.02. The Bertz CT molecular complexity index is 602. The summed E-state index contributed by atoms with van der Waals surface area (Å²) in [6.07, 6.45) is 0. The molecule has 0 aliphatic heterocycles. The lowest BCUT2D eigenvalue weighted by atomic mass is 10.1. The van der Waals surface area contributed by atoms with E-state index in [9.17, 15) is 9.18 Å². The topological polar surface area (TPSA) is 46.9 Å². The molecule has 0 aliphatic carbocycles. The van der Waals surface area contributed by atoms with Crippen LogP contribution in [0.4, 0.5) is 4.39 Å². The van der Waals surface area contributed by atoms with Gasteiger partial charge < -0.3 is 5.32 Å². The molecule has 0 bridgehead atoms. The lowest BCUT2D eigenvalue weighted by Crippen LogP contribution is -2.24. The van der Waals surface area contributed by atoms with E-state index < -0.39 is 0 Å². The van der Waals surface area contributed by atoms with E-state index in [1.165, 1.54) is 12.1 Å². The van der Waals surface area contributed by atoms with E-state index >= 15 is 0 Å². The molecular formula is C14H16FN3O. The molecular weight excluding hydrogens is 245 g/mol. The van der Waals surface area contributed by atoms with Crippen LogP contribution < -0.4 is 5.32 Å². The number of aromatic nitrogens is 2. The number of amides is 1. The number of carbonyl (C=O) groups is 1. The number of aryl methyl sites for hydroxylation is 2. The quantitative estimate of drug-likeness (QED) is 0.919. The fraction of sp³-hybridized carbons (Fsp3) is 0.286. The van der Waals surface area contributed by atoms with Crippen LogP contribution in [-0.2, 0) is 13.6 Å². The van der Waals surface area contributed by atoms with Crippen LogP contribution in [0.2, 0.25) is 0 Å². The Morgan fingerprint density at radius 1 is 1.32 bits per heavy atom. The zero-order valence-corrected chi connectivity index (χ0v) is 11.2. The molecule has 0 radical (unpaired) electrons. The minimum absolute atomic E-state index is 0.160. The zero-order chi connectivity index (χ0) is 14.0. The molecule has 1 N–H and O–H groups in total. The Balaban J connectivity index is 2.07. The van der Waals surface area contributed by atoms with Crippen LogP contribution in [0.5, 0.6) is 0 Å². The second-order valence-corrected chi connectivity index (χ2v) is 4.48. The summed E-state index contributed by atoms with van der Waals surface area (Å²) in [5.41, 5.74) is 2.99. The van der Waals surface area contributed by atoms with E-state index in [0.29, 0.717) is 17.8 Å². The smallest absolute Gasteiger partial charge is 0.255 e. The van der Waals surface area contributed by atoms with Crippen LogP contribution in [-0.4, -0.2) is 15.7 Å². The van der Waals surface area contributed by atoms with Gasteiger partial charge in [-0.15, -0.1) is 0 Å². The van der Waals surface area contributed by atoms with E-state index in [-0.39, 0.29) is 11.7 Å². The van der Waals surface area contributed by atoms with Gasteiger partial charge in [0.2, 0.25) is 0 Å². The molecule has 1 heterocycles. The number of carbonyl (C=O) groups excluding carboxylic acids is 1. The average molecular weight is 261 g/mol. The van der Waals surface area contributed by atoms with E-state index in [4.69, 9.17) is 0 Å². The predicted octanol–water partition coefficient (Wildman–Crippen LogP) is 2.11. The van der Waals surface area contributed by atoms with Gasteiger partial charge in [0.25, 0.3) is 5.91 Å². The third-order valence-corrected chi connectivity index (χ3v) is 3.10. The van der Waals surface area contributed by atoms with Crippen molar-refractivity contribution in [2.24, 2.45) is 7.05 Å². The summed E-state index contributed by atoms with van der Waals surface area (Å²) in [7, 11) is 1.80. The van der Waals surface area contributed by atoms with Gasteiger partial charge in [-0.3, -0.25) is 9.48 Å². The van der Waals surface area contributed by atoms with Crippen molar-refractivity contribution in [1.29, 1.82) is 0 Å². The van der Waals surface area contributed by atoms with Crippen LogP contribution in [0, 0.1) is 19.7 Å². The Labute approximate surface area is 111 Å². The second-order valence-electron chi connectivity index (χ2n) is 4.48. The van der Waals surface area contributed by atoms with Gasteiger partial charge in [0.15, 0.2) is 0 Å². The highest BCUT2D eigenvalue weighted by molar-refractivity contribution is 5.96. The van der Waals surface area contributed by atoms with Crippen LogP contribution in [0.25, 0.3) is 0 Å². The van der Waals surface area contributed by atoms with E-state index in [1.807, 2.05) is 6.92 Å². The van der Waals surface area contributed by atoms with Gasteiger partial charge in [0.1, 0.15) is 5.82 Å². The van der Waals surface area contributed by atoms with Crippen molar-refractivity contribution in [2.75, 3.05) is 0 Å². The summed E-state index contributed by atoms with van der Waals surface area (Å²) in [5.74, 6) is -0.443. The highest BCUT2D eigenvalue weighted by Crippen LogP contribution is 2.12. The predicted molar refractivity (Wildman–Crippen MR) is 70.3 cm³/mol. The summed E-state index contributed by atoms with van der Waals surface area (Å²) in [6, 6.07) is 6.06. The van der Waals surface area contributed by atoms with Crippen LogP contribution in [0.15, 0.2) is 24.3 Å². The first kappa shape index (κ1) is 13.3. The molecule has 0 aliphatic rings. The number of nitrogens with one attached hydrogen (secondary N) is 1. The SMILES string of the molecule is Cc1nn(C)c(C)c1C(=O)NCc1ccc(F)cc1. The lowest BCUT2D eigenvalue weighted by molar-refractivity contribution is 0.0949. The highest BCUT2D eigenvalue weighted by Gasteiger charge is 2.16. The van der Waals surface area contributed by atoms with Crippen molar-refractivity contribution in [2.45, 2.75) is 20.4 Å². The van der Waals surface area contributed by atoms with E-state index in [2.05, 4.69) is 10.4 Å². The standard InChI is InChI=1S/C14H16FN3O/c1-9-13(10(2)18(3)17-9)14(19)16-8-11-4-6-12(15)7-5-11/h4-7H,8H2,1-3H3,(H,16,19). The van der Waals surface area contributed by atoms with Crippen molar-refractivity contribution in [3.05, 3.63) is 52.6 Å². The molecule has 100 valence electrons. The monoisotopic (exact) mass is 261 g/mol. The first-order valence-electron chi connectivity index (χ1n) is 6.02. The number of hydrogen-bond donors (Lipinski definition) is 1. The summed E-state index contributed by atoms with van der Waals surface area (Å²) >= 11 is 0. The minimum Gasteiger partial charge on any atom is -0.348 e. The maximum atomic E-state index is 12.8. The maximum absolute atomic E-state index is 12.8. The molecule has 19 heavy (non-hydrogen) atoms. The summed E-state index contributed by atoms with van der Waals surface area (Å²) in [5, 5.41) is 7.02. The molecule has 0 saturated heterocycles. The molecule has 0 spiro atoms. The molecule has 2 rings (SSSR count). The largest absolute Gasteiger partial charge is 0.348 e.